The number of nitrogens with one attached hydrogen (secondary N) is 1. The summed E-state index contributed by atoms with van der Waals surface area (Å²) in [7, 11) is 0. The van der Waals surface area contributed by atoms with E-state index in [1.165, 1.54) is 0 Å². The van der Waals surface area contributed by atoms with Crippen molar-refractivity contribution in [3.63, 3.8) is 0 Å². The van der Waals surface area contributed by atoms with Crippen LogP contribution in [0.15, 0.2) is 30.0 Å². The second-order valence-corrected chi connectivity index (χ2v) is 5.97. The molecule has 1 aromatic rings. The van der Waals surface area contributed by atoms with Gasteiger partial charge in [0.1, 0.15) is 11.6 Å². The first kappa shape index (κ1) is 19.3. The minimum atomic E-state index is -0.491. The fourth-order valence-corrected chi connectivity index (χ4v) is 2.33. The Morgan fingerprint density at radius 2 is 2.04 bits per heavy atom. The zero-order valence-corrected chi connectivity index (χ0v) is 14.9. The molecule has 23 heavy (non-hydrogen) atoms. The molecule has 124 valence electrons. The van der Waals surface area contributed by atoms with Crippen LogP contribution in [0.5, 0.6) is 0 Å². The molecule has 0 radical (unpaired) electrons. The molecule has 0 aromatic heterocycles. The smallest absolute Gasteiger partial charge is 0.267 e. The molecule has 0 atom stereocenters. The van der Waals surface area contributed by atoms with Crippen molar-refractivity contribution in [1.82, 2.24) is 4.90 Å². The number of rotatable bonds is 8. The Bertz CT molecular complexity index is 608. The van der Waals surface area contributed by atoms with E-state index < -0.39 is 5.91 Å². The maximum Gasteiger partial charge on any atom is 0.267 e. The first-order chi connectivity index (χ1) is 11.0. The van der Waals surface area contributed by atoms with Gasteiger partial charge in [0, 0.05) is 24.3 Å². The molecule has 0 heterocycles. The average Bonchev–Trinajstić information content (AvgIpc) is 2.53. The quantitative estimate of drug-likeness (QED) is 0.536. The van der Waals surface area contributed by atoms with E-state index in [1.54, 1.807) is 24.4 Å². The highest BCUT2D eigenvalue weighted by molar-refractivity contribution is 6.35. The second kappa shape index (κ2) is 10.1. The summed E-state index contributed by atoms with van der Waals surface area (Å²) in [5, 5.41) is 12.7. The van der Waals surface area contributed by atoms with Crippen LogP contribution in [0, 0.1) is 11.3 Å². The number of nitriles is 1. The van der Waals surface area contributed by atoms with Gasteiger partial charge in [-0.05, 0) is 31.0 Å². The topological polar surface area (TPSA) is 56.1 Å². The molecule has 6 heteroatoms. The first-order valence-electron chi connectivity index (χ1n) is 7.64. The summed E-state index contributed by atoms with van der Waals surface area (Å²) in [6.07, 6.45) is 4.63. The average molecular weight is 354 g/mol. The van der Waals surface area contributed by atoms with Crippen LogP contribution in [0.25, 0.3) is 0 Å². The predicted octanol–water partition coefficient (Wildman–Crippen LogP) is 4.85. The molecule has 0 bridgehead atoms. The predicted molar refractivity (Wildman–Crippen MR) is 95.6 cm³/mol. The van der Waals surface area contributed by atoms with Crippen molar-refractivity contribution >= 4 is 34.8 Å². The summed E-state index contributed by atoms with van der Waals surface area (Å²) in [5.74, 6) is -0.491. The molecule has 0 spiro atoms. The molecule has 0 saturated carbocycles. The van der Waals surface area contributed by atoms with E-state index in [0.717, 1.165) is 32.4 Å². The lowest BCUT2D eigenvalue weighted by Crippen LogP contribution is -2.23. The summed E-state index contributed by atoms with van der Waals surface area (Å²) >= 11 is 11.9. The Hall–Kier alpha value is -1.70. The zero-order chi connectivity index (χ0) is 17.2. The monoisotopic (exact) mass is 353 g/mol. The van der Waals surface area contributed by atoms with E-state index in [0.29, 0.717) is 15.7 Å². The Labute approximate surface area is 147 Å². The third kappa shape index (κ3) is 6.52. The second-order valence-electron chi connectivity index (χ2n) is 5.12. The van der Waals surface area contributed by atoms with Gasteiger partial charge in [-0.25, -0.2) is 0 Å². The van der Waals surface area contributed by atoms with Gasteiger partial charge >= 0.3 is 0 Å². The lowest BCUT2D eigenvalue weighted by atomic mass is 10.2. The SMILES string of the molecule is CCCCN(/C=C(/C#N)C(=O)Nc1cc(Cl)ccc1Cl)CCC. The standard InChI is InChI=1S/C17H21Cl2N3O/c1-3-5-9-22(8-4-2)12-13(11-20)17(23)21-16-10-14(18)6-7-15(16)19/h6-7,10,12H,3-5,8-9H2,1-2H3,(H,21,23)/b13-12-. The maximum absolute atomic E-state index is 12.3. The summed E-state index contributed by atoms with van der Waals surface area (Å²) in [6.45, 7) is 5.79. The molecule has 0 unspecified atom stereocenters. The lowest BCUT2D eigenvalue weighted by Gasteiger charge is -2.19. The van der Waals surface area contributed by atoms with Crippen LogP contribution in [0.2, 0.25) is 10.0 Å². The number of amides is 1. The van der Waals surface area contributed by atoms with Gasteiger partial charge in [-0.1, -0.05) is 43.5 Å². The van der Waals surface area contributed by atoms with Crippen LogP contribution in [0.1, 0.15) is 33.1 Å². The number of anilines is 1. The molecular weight excluding hydrogens is 333 g/mol. The number of halogens is 2. The Balaban J connectivity index is 2.90. The number of hydrogen-bond donors (Lipinski definition) is 1. The van der Waals surface area contributed by atoms with Gasteiger partial charge in [-0.2, -0.15) is 5.26 Å². The fourth-order valence-electron chi connectivity index (χ4n) is 1.99. The molecule has 0 fully saturated rings. The van der Waals surface area contributed by atoms with Crippen molar-refractivity contribution in [3.05, 3.63) is 40.0 Å². The Morgan fingerprint density at radius 1 is 1.30 bits per heavy atom. The lowest BCUT2D eigenvalue weighted by molar-refractivity contribution is -0.112. The van der Waals surface area contributed by atoms with Crippen molar-refractivity contribution < 1.29 is 4.79 Å². The normalized spacial score (nSPS) is 11.0. The fraction of sp³-hybridized carbons (Fsp3) is 0.412. The van der Waals surface area contributed by atoms with E-state index in [9.17, 15) is 10.1 Å². The number of carbonyl (C=O) groups excluding carboxylic acids is 1. The Morgan fingerprint density at radius 3 is 2.65 bits per heavy atom. The highest BCUT2D eigenvalue weighted by Crippen LogP contribution is 2.25. The van der Waals surface area contributed by atoms with Crippen LogP contribution >= 0.6 is 23.2 Å². The molecule has 0 saturated heterocycles. The van der Waals surface area contributed by atoms with Gasteiger partial charge in [0.25, 0.3) is 5.91 Å². The molecule has 4 nitrogen and oxygen atoms in total. The molecule has 1 amide bonds. The van der Waals surface area contributed by atoms with Gasteiger partial charge in [0.2, 0.25) is 0 Å². The van der Waals surface area contributed by atoms with Crippen LogP contribution in [0.4, 0.5) is 5.69 Å². The summed E-state index contributed by atoms with van der Waals surface area (Å²) in [5.41, 5.74) is 0.437. The zero-order valence-electron chi connectivity index (χ0n) is 13.4. The number of carbonyl (C=O) groups is 1. The van der Waals surface area contributed by atoms with Crippen LogP contribution < -0.4 is 5.32 Å². The summed E-state index contributed by atoms with van der Waals surface area (Å²) in [6, 6.07) is 6.74. The number of nitrogens with zero attached hydrogens (tertiary/aromatic N) is 2. The molecule has 1 rings (SSSR count). The largest absolute Gasteiger partial charge is 0.376 e. The van der Waals surface area contributed by atoms with E-state index in [1.807, 2.05) is 11.0 Å². The molecule has 0 aliphatic carbocycles. The van der Waals surface area contributed by atoms with Crippen molar-refractivity contribution in [3.8, 4) is 6.07 Å². The van der Waals surface area contributed by atoms with Crippen LogP contribution in [-0.2, 0) is 4.79 Å². The third-order valence-corrected chi connectivity index (χ3v) is 3.73. The minimum absolute atomic E-state index is 0.0468. The van der Waals surface area contributed by atoms with Crippen LogP contribution in [-0.4, -0.2) is 23.9 Å². The molecule has 0 aliphatic rings. The van der Waals surface area contributed by atoms with E-state index in [2.05, 4.69) is 19.2 Å². The van der Waals surface area contributed by atoms with Gasteiger partial charge < -0.3 is 10.2 Å². The van der Waals surface area contributed by atoms with Gasteiger partial charge in [0.05, 0.1) is 10.7 Å². The summed E-state index contributed by atoms with van der Waals surface area (Å²) < 4.78 is 0. The van der Waals surface area contributed by atoms with E-state index in [4.69, 9.17) is 23.2 Å². The Kier molecular flexibility index (Phi) is 8.53. The molecule has 1 N–H and O–H groups in total. The number of benzene rings is 1. The molecular formula is C17H21Cl2N3O. The van der Waals surface area contributed by atoms with Crippen LogP contribution in [0.3, 0.4) is 0 Å². The third-order valence-electron chi connectivity index (χ3n) is 3.16. The molecule has 1 aromatic carbocycles. The van der Waals surface area contributed by atoms with Gasteiger partial charge in [0.15, 0.2) is 0 Å². The number of hydrogen-bond acceptors (Lipinski definition) is 3. The van der Waals surface area contributed by atoms with Crippen molar-refractivity contribution in [2.45, 2.75) is 33.1 Å². The van der Waals surface area contributed by atoms with Crippen molar-refractivity contribution in [2.24, 2.45) is 0 Å². The minimum Gasteiger partial charge on any atom is -0.376 e. The van der Waals surface area contributed by atoms with Gasteiger partial charge in [-0.3, -0.25) is 4.79 Å². The summed E-state index contributed by atoms with van der Waals surface area (Å²) in [4.78, 5) is 14.3. The van der Waals surface area contributed by atoms with Crippen molar-refractivity contribution in [2.75, 3.05) is 18.4 Å². The van der Waals surface area contributed by atoms with Gasteiger partial charge in [-0.15, -0.1) is 0 Å². The first-order valence-corrected chi connectivity index (χ1v) is 8.39. The highest BCUT2D eigenvalue weighted by Gasteiger charge is 2.13. The van der Waals surface area contributed by atoms with E-state index >= 15 is 0 Å². The maximum atomic E-state index is 12.3. The number of unbranched alkanes of at least 4 members (excludes halogenated alkanes) is 1. The molecule has 0 aliphatic heterocycles. The van der Waals surface area contributed by atoms with E-state index in [-0.39, 0.29) is 5.57 Å². The van der Waals surface area contributed by atoms with Crippen molar-refractivity contribution in [1.29, 1.82) is 5.26 Å². The highest BCUT2D eigenvalue weighted by atomic mass is 35.5.